The second-order valence-corrected chi connectivity index (χ2v) is 8.95. The number of thiazole rings is 1. The molecule has 1 amide bonds. The number of rotatable bonds is 7. The Morgan fingerprint density at radius 1 is 1.31 bits per heavy atom. The molecule has 136 valence electrons. The van der Waals surface area contributed by atoms with Gasteiger partial charge >= 0.3 is 0 Å². The summed E-state index contributed by atoms with van der Waals surface area (Å²) in [4.78, 5) is 17.7. The molecule has 0 unspecified atom stereocenters. The summed E-state index contributed by atoms with van der Waals surface area (Å²) in [5.74, 6) is 0.226. The van der Waals surface area contributed by atoms with Gasteiger partial charge in [-0.15, -0.1) is 21.5 Å². The van der Waals surface area contributed by atoms with E-state index in [9.17, 15) is 4.79 Å². The SMILES string of the molecule is Cc1csc(Sc2ccc(NC(=O)CSc3nncn3C(C)C)cc2)n1. The molecule has 0 aliphatic heterocycles. The van der Waals surface area contributed by atoms with Crippen LogP contribution >= 0.6 is 34.9 Å². The van der Waals surface area contributed by atoms with Crippen LogP contribution in [0.3, 0.4) is 0 Å². The number of nitrogens with zero attached hydrogens (tertiary/aromatic N) is 4. The van der Waals surface area contributed by atoms with Crippen molar-refractivity contribution >= 4 is 46.5 Å². The van der Waals surface area contributed by atoms with Gasteiger partial charge in [0.05, 0.1) is 5.75 Å². The average molecular weight is 406 g/mol. The fraction of sp³-hybridized carbons (Fsp3) is 0.294. The van der Waals surface area contributed by atoms with Gasteiger partial charge in [-0.2, -0.15) is 0 Å². The molecule has 6 nitrogen and oxygen atoms in total. The van der Waals surface area contributed by atoms with E-state index < -0.39 is 0 Å². The van der Waals surface area contributed by atoms with Crippen molar-refractivity contribution in [2.75, 3.05) is 11.1 Å². The molecule has 0 aliphatic carbocycles. The van der Waals surface area contributed by atoms with Crippen LogP contribution in [0.15, 0.2) is 50.4 Å². The summed E-state index contributed by atoms with van der Waals surface area (Å²) < 4.78 is 2.97. The molecule has 1 N–H and O–H groups in total. The van der Waals surface area contributed by atoms with E-state index in [0.717, 1.165) is 25.8 Å². The van der Waals surface area contributed by atoms with E-state index >= 15 is 0 Å². The molecule has 2 aromatic heterocycles. The number of carbonyl (C=O) groups is 1. The highest BCUT2D eigenvalue weighted by Gasteiger charge is 2.11. The predicted octanol–water partition coefficient (Wildman–Crippen LogP) is 4.51. The van der Waals surface area contributed by atoms with Crippen LogP contribution in [0.5, 0.6) is 0 Å². The van der Waals surface area contributed by atoms with Crippen molar-refractivity contribution in [2.24, 2.45) is 0 Å². The number of hydrogen-bond acceptors (Lipinski definition) is 7. The first kappa shape index (κ1) is 18.9. The van der Waals surface area contributed by atoms with Gasteiger partial charge in [0.15, 0.2) is 9.50 Å². The number of aromatic nitrogens is 4. The van der Waals surface area contributed by atoms with Gasteiger partial charge < -0.3 is 9.88 Å². The molecule has 0 fully saturated rings. The summed E-state index contributed by atoms with van der Waals surface area (Å²) in [5, 5.41) is 13.7. The van der Waals surface area contributed by atoms with Gasteiger partial charge in [-0.1, -0.05) is 23.5 Å². The summed E-state index contributed by atoms with van der Waals surface area (Å²) in [6.45, 7) is 6.10. The van der Waals surface area contributed by atoms with Crippen molar-refractivity contribution in [2.45, 2.75) is 41.2 Å². The highest BCUT2D eigenvalue weighted by Crippen LogP contribution is 2.30. The zero-order valence-corrected chi connectivity index (χ0v) is 17.1. The molecule has 0 radical (unpaired) electrons. The molecule has 0 atom stereocenters. The van der Waals surface area contributed by atoms with E-state index in [2.05, 4.69) is 34.3 Å². The Morgan fingerprint density at radius 3 is 2.73 bits per heavy atom. The van der Waals surface area contributed by atoms with Crippen LogP contribution in [0, 0.1) is 6.92 Å². The smallest absolute Gasteiger partial charge is 0.234 e. The Hall–Kier alpha value is -1.84. The monoisotopic (exact) mass is 405 g/mol. The lowest BCUT2D eigenvalue weighted by atomic mass is 10.3. The molecule has 0 bridgehead atoms. The van der Waals surface area contributed by atoms with Crippen molar-refractivity contribution in [3.05, 3.63) is 41.7 Å². The summed E-state index contributed by atoms with van der Waals surface area (Å²) in [6.07, 6.45) is 1.69. The van der Waals surface area contributed by atoms with Crippen LogP contribution in [-0.2, 0) is 4.79 Å². The molecule has 0 saturated heterocycles. The lowest BCUT2D eigenvalue weighted by molar-refractivity contribution is -0.113. The zero-order valence-electron chi connectivity index (χ0n) is 14.7. The third kappa shape index (κ3) is 5.09. The van der Waals surface area contributed by atoms with E-state index in [4.69, 9.17) is 0 Å². The van der Waals surface area contributed by atoms with Gasteiger partial charge in [0.2, 0.25) is 5.91 Å². The quantitative estimate of drug-likeness (QED) is 0.583. The zero-order chi connectivity index (χ0) is 18.5. The molecule has 0 spiro atoms. The van der Waals surface area contributed by atoms with Gasteiger partial charge in [-0.25, -0.2) is 4.98 Å². The van der Waals surface area contributed by atoms with Crippen LogP contribution < -0.4 is 5.32 Å². The van der Waals surface area contributed by atoms with Gasteiger partial charge in [0.25, 0.3) is 0 Å². The molecule has 3 aromatic rings. The first-order valence-electron chi connectivity index (χ1n) is 8.03. The average Bonchev–Trinajstić information content (AvgIpc) is 3.24. The van der Waals surface area contributed by atoms with Gasteiger partial charge in [-0.05, 0) is 45.0 Å². The third-order valence-electron chi connectivity index (χ3n) is 3.37. The molecular formula is C17H19N5OS3. The fourth-order valence-corrected chi connectivity index (χ4v) is 4.76. The first-order valence-corrected chi connectivity index (χ1v) is 10.7. The van der Waals surface area contributed by atoms with Crippen molar-refractivity contribution in [1.82, 2.24) is 19.7 Å². The molecule has 1 aromatic carbocycles. The molecular weight excluding hydrogens is 386 g/mol. The highest BCUT2D eigenvalue weighted by atomic mass is 32.2. The molecule has 26 heavy (non-hydrogen) atoms. The minimum atomic E-state index is -0.0655. The molecule has 3 rings (SSSR count). The van der Waals surface area contributed by atoms with E-state index in [1.54, 1.807) is 29.4 Å². The van der Waals surface area contributed by atoms with Crippen LogP contribution in [0.25, 0.3) is 0 Å². The normalized spacial score (nSPS) is 11.1. The number of thioether (sulfide) groups is 1. The van der Waals surface area contributed by atoms with Crippen molar-refractivity contribution in [3.8, 4) is 0 Å². The minimum Gasteiger partial charge on any atom is -0.325 e. The van der Waals surface area contributed by atoms with Gasteiger partial charge in [-0.3, -0.25) is 4.79 Å². The Bertz CT molecular complexity index is 873. The Balaban J connectivity index is 1.52. The maximum atomic E-state index is 12.2. The summed E-state index contributed by atoms with van der Waals surface area (Å²) >= 11 is 4.64. The molecule has 0 saturated carbocycles. The van der Waals surface area contributed by atoms with Crippen LogP contribution in [0.1, 0.15) is 25.6 Å². The fourth-order valence-electron chi connectivity index (χ4n) is 2.10. The lowest BCUT2D eigenvalue weighted by Gasteiger charge is -2.09. The number of carbonyl (C=O) groups excluding carboxylic acids is 1. The van der Waals surface area contributed by atoms with E-state index in [0.29, 0.717) is 5.75 Å². The predicted molar refractivity (Wildman–Crippen MR) is 107 cm³/mol. The van der Waals surface area contributed by atoms with Crippen LogP contribution in [0.2, 0.25) is 0 Å². The van der Waals surface area contributed by atoms with Gasteiger partial charge in [0, 0.05) is 27.7 Å². The number of benzene rings is 1. The maximum absolute atomic E-state index is 12.2. The largest absolute Gasteiger partial charge is 0.325 e. The Labute approximate surface area is 164 Å². The molecule has 2 heterocycles. The maximum Gasteiger partial charge on any atom is 0.234 e. The highest BCUT2D eigenvalue weighted by molar-refractivity contribution is 8.01. The Kier molecular flexibility index (Phi) is 6.33. The Morgan fingerprint density at radius 2 is 2.08 bits per heavy atom. The molecule has 9 heteroatoms. The van der Waals surface area contributed by atoms with Gasteiger partial charge in [0.1, 0.15) is 6.33 Å². The minimum absolute atomic E-state index is 0.0655. The number of anilines is 1. The van der Waals surface area contributed by atoms with Crippen molar-refractivity contribution in [1.29, 1.82) is 0 Å². The first-order chi connectivity index (χ1) is 12.5. The summed E-state index contributed by atoms with van der Waals surface area (Å²) in [7, 11) is 0. The summed E-state index contributed by atoms with van der Waals surface area (Å²) in [5.41, 5.74) is 1.81. The van der Waals surface area contributed by atoms with Crippen LogP contribution in [0.4, 0.5) is 5.69 Å². The number of aryl methyl sites for hydroxylation is 1. The number of nitrogens with one attached hydrogen (secondary N) is 1. The molecule has 0 aliphatic rings. The van der Waals surface area contributed by atoms with Crippen molar-refractivity contribution in [3.63, 3.8) is 0 Å². The van der Waals surface area contributed by atoms with E-state index in [1.807, 2.05) is 41.1 Å². The second-order valence-electron chi connectivity index (χ2n) is 5.83. The topological polar surface area (TPSA) is 72.7 Å². The lowest BCUT2D eigenvalue weighted by Crippen LogP contribution is -2.14. The third-order valence-corrected chi connectivity index (χ3v) is 6.39. The van der Waals surface area contributed by atoms with E-state index in [1.165, 1.54) is 11.8 Å². The summed E-state index contributed by atoms with van der Waals surface area (Å²) in [6, 6.07) is 8.05. The second kappa shape index (κ2) is 8.70. The van der Waals surface area contributed by atoms with Crippen LogP contribution in [-0.4, -0.2) is 31.4 Å². The standard InChI is InChI=1S/C17H19N5OS3/c1-11(2)22-10-18-21-16(22)24-9-15(23)20-13-4-6-14(7-5-13)26-17-19-12(3)8-25-17/h4-8,10-11H,9H2,1-3H3,(H,20,23). The van der Waals surface area contributed by atoms with E-state index in [-0.39, 0.29) is 11.9 Å². The number of amides is 1. The number of hydrogen-bond donors (Lipinski definition) is 1. The van der Waals surface area contributed by atoms with Crippen molar-refractivity contribution < 1.29 is 4.79 Å².